The minimum Gasteiger partial charge on any atom is -0.462 e. The fourth-order valence-electron chi connectivity index (χ4n) is 12.1. The van der Waals surface area contributed by atoms with Gasteiger partial charge in [0.1, 0.15) is 19.3 Å². The Bertz CT molecular complexity index is 1900. The predicted molar refractivity (Wildman–Crippen MR) is 400 cm³/mol. The first-order chi connectivity index (χ1) is 47.2. The molecule has 0 aliphatic carbocycles. The monoisotopic (exact) mass is 1440 g/mol. The van der Waals surface area contributed by atoms with E-state index >= 15 is 0 Å². The Hall–Kier alpha value is -1.94. The second kappa shape index (κ2) is 69.4. The lowest BCUT2D eigenvalue weighted by Gasteiger charge is -2.21. The number of hydrogen-bond acceptors (Lipinski definition) is 15. The number of esters is 4. The van der Waals surface area contributed by atoms with Gasteiger partial charge < -0.3 is 33.8 Å². The summed E-state index contributed by atoms with van der Waals surface area (Å²) in [4.78, 5) is 72.9. The van der Waals surface area contributed by atoms with Gasteiger partial charge in [-0.25, -0.2) is 9.13 Å². The molecule has 0 heterocycles. The van der Waals surface area contributed by atoms with E-state index in [0.717, 1.165) is 108 Å². The molecule has 0 saturated carbocycles. The lowest BCUT2D eigenvalue weighted by atomic mass is 10.0. The van der Waals surface area contributed by atoms with E-state index in [-0.39, 0.29) is 25.7 Å². The van der Waals surface area contributed by atoms with Crippen LogP contribution in [-0.2, 0) is 65.4 Å². The van der Waals surface area contributed by atoms with Crippen LogP contribution in [0.2, 0.25) is 0 Å². The number of phosphoric acid groups is 2. The summed E-state index contributed by atoms with van der Waals surface area (Å²) in [7, 11) is -9.92. The summed E-state index contributed by atoms with van der Waals surface area (Å²) in [6, 6.07) is 0. The van der Waals surface area contributed by atoms with Crippen molar-refractivity contribution >= 4 is 39.5 Å². The number of hydrogen-bond donors (Lipinski definition) is 3. The number of ether oxygens (including phenoxy) is 4. The molecule has 0 amide bonds. The predicted octanol–water partition coefficient (Wildman–Crippen LogP) is 23.4. The van der Waals surface area contributed by atoms with Crippen LogP contribution in [0, 0.1) is 17.8 Å². The van der Waals surface area contributed by atoms with E-state index in [0.29, 0.717) is 31.6 Å². The minimum absolute atomic E-state index is 0.107. The van der Waals surface area contributed by atoms with E-state index in [4.69, 9.17) is 37.0 Å². The third-order valence-corrected chi connectivity index (χ3v) is 20.3. The normalized spacial score (nSPS) is 14.0. The van der Waals surface area contributed by atoms with Crippen LogP contribution in [0.15, 0.2) is 0 Å². The van der Waals surface area contributed by atoms with Gasteiger partial charge in [-0.2, -0.15) is 0 Å². The number of aliphatic hydroxyl groups excluding tert-OH is 1. The van der Waals surface area contributed by atoms with Gasteiger partial charge in [0.25, 0.3) is 0 Å². The van der Waals surface area contributed by atoms with Gasteiger partial charge in [-0.1, -0.05) is 357 Å². The Morgan fingerprint density at radius 2 is 0.469 bits per heavy atom. The van der Waals surface area contributed by atoms with Crippen molar-refractivity contribution in [2.24, 2.45) is 17.8 Å². The molecule has 0 radical (unpaired) electrons. The Labute approximate surface area is 600 Å². The summed E-state index contributed by atoms with van der Waals surface area (Å²) < 4.78 is 68.6. The smallest absolute Gasteiger partial charge is 0.462 e. The maximum absolute atomic E-state index is 13.1. The molecular formula is C79H154O17P2. The molecule has 0 bridgehead atoms. The van der Waals surface area contributed by atoms with Gasteiger partial charge in [0, 0.05) is 25.7 Å². The van der Waals surface area contributed by atoms with Crippen LogP contribution in [0.3, 0.4) is 0 Å². The molecule has 0 rings (SSSR count). The lowest BCUT2D eigenvalue weighted by molar-refractivity contribution is -0.161. The molecule has 5 atom stereocenters. The summed E-state index contributed by atoms with van der Waals surface area (Å²) in [5.41, 5.74) is 0. The van der Waals surface area contributed by atoms with E-state index in [9.17, 15) is 43.2 Å². The van der Waals surface area contributed by atoms with Crippen molar-refractivity contribution in [2.45, 2.75) is 426 Å². The molecule has 2 unspecified atom stereocenters. The fourth-order valence-corrected chi connectivity index (χ4v) is 13.7. The van der Waals surface area contributed by atoms with E-state index < -0.39 is 97.5 Å². The Morgan fingerprint density at radius 3 is 0.694 bits per heavy atom. The van der Waals surface area contributed by atoms with Crippen LogP contribution in [0.5, 0.6) is 0 Å². The van der Waals surface area contributed by atoms with E-state index in [1.54, 1.807) is 0 Å². The number of rotatable bonds is 77. The zero-order valence-electron chi connectivity index (χ0n) is 64.3. The van der Waals surface area contributed by atoms with Gasteiger partial charge in [0.2, 0.25) is 0 Å². The lowest BCUT2D eigenvalue weighted by Crippen LogP contribution is -2.30. The summed E-state index contributed by atoms with van der Waals surface area (Å²) in [6.07, 6.45) is 57.0. The van der Waals surface area contributed by atoms with Crippen molar-refractivity contribution in [3.8, 4) is 0 Å². The van der Waals surface area contributed by atoms with Gasteiger partial charge in [0.15, 0.2) is 12.2 Å². The standard InChI is InChI=1S/C79H154O17P2/c1-8-9-10-11-12-13-14-21-29-34-39-48-55-62-79(84)96-75(67-90-77(82)61-54-47-42-41-45-52-59-72(6)7)69-94-98(87,88)92-65-73(80)64-91-97(85,86)93-68-74(95-78(83)63-56-49-40-35-30-25-20-16-18-23-27-32-37-44-51-58-71(4)5)66-89-76(81)60-53-46-38-33-28-24-19-15-17-22-26-31-36-43-50-57-70(2)3/h70-75,80H,8-69H2,1-7H3,(H,85,86)(H,87,88)/t73-,74-,75-/m1/s1. The maximum atomic E-state index is 13.1. The van der Waals surface area contributed by atoms with Crippen molar-refractivity contribution in [2.75, 3.05) is 39.6 Å². The van der Waals surface area contributed by atoms with Gasteiger partial charge in [0.05, 0.1) is 26.4 Å². The molecule has 3 N–H and O–H groups in total. The third-order valence-electron chi connectivity index (χ3n) is 18.4. The van der Waals surface area contributed by atoms with Crippen LogP contribution in [0.4, 0.5) is 0 Å². The fraction of sp³-hybridized carbons (Fsp3) is 0.949. The van der Waals surface area contributed by atoms with E-state index in [1.807, 2.05) is 0 Å². The van der Waals surface area contributed by atoms with Crippen molar-refractivity contribution in [3.05, 3.63) is 0 Å². The topological polar surface area (TPSA) is 237 Å². The second-order valence-corrected chi connectivity index (χ2v) is 32.8. The first-order valence-corrected chi connectivity index (χ1v) is 43.8. The number of carbonyl (C=O) groups is 4. The summed E-state index contributed by atoms with van der Waals surface area (Å²) in [6.45, 7) is 11.9. The number of phosphoric ester groups is 2. The highest BCUT2D eigenvalue weighted by molar-refractivity contribution is 7.47. The third kappa shape index (κ3) is 72.4. The molecular weight excluding hydrogens is 1280 g/mol. The largest absolute Gasteiger partial charge is 0.472 e. The Kier molecular flexibility index (Phi) is 68.1. The first-order valence-electron chi connectivity index (χ1n) is 40.8. The van der Waals surface area contributed by atoms with Crippen molar-refractivity contribution < 1.29 is 80.2 Å². The Morgan fingerprint density at radius 1 is 0.276 bits per heavy atom. The molecule has 17 nitrogen and oxygen atoms in total. The highest BCUT2D eigenvalue weighted by Crippen LogP contribution is 2.45. The van der Waals surface area contributed by atoms with Crippen molar-refractivity contribution in [3.63, 3.8) is 0 Å². The van der Waals surface area contributed by atoms with Crippen LogP contribution in [0.25, 0.3) is 0 Å². The van der Waals surface area contributed by atoms with Gasteiger partial charge >= 0.3 is 39.5 Å². The molecule has 0 aromatic carbocycles. The van der Waals surface area contributed by atoms with Gasteiger partial charge in [-0.05, 0) is 43.4 Å². The molecule has 0 aliphatic heterocycles. The average molecular weight is 1440 g/mol. The number of carbonyl (C=O) groups excluding carboxylic acids is 4. The second-order valence-electron chi connectivity index (χ2n) is 29.9. The zero-order valence-corrected chi connectivity index (χ0v) is 66.0. The average Bonchev–Trinajstić information content (AvgIpc) is 0.941. The zero-order chi connectivity index (χ0) is 72.3. The molecule has 98 heavy (non-hydrogen) atoms. The molecule has 0 aromatic heterocycles. The highest BCUT2D eigenvalue weighted by atomic mass is 31.2. The summed E-state index contributed by atoms with van der Waals surface area (Å²) in [5, 5.41) is 10.6. The SMILES string of the molecule is CCCCCCCCCCCCCCCC(=O)O[C@H](COC(=O)CCCCCCCCC(C)C)COP(=O)(O)OC[C@H](O)COP(=O)(O)OC[C@@H](COC(=O)CCCCCCCCCCCCCCCCCC(C)C)OC(=O)CCCCCCCCCCCCCCCCCC(C)C. The van der Waals surface area contributed by atoms with Crippen LogP contribution < -0.4 is 0 Å². The van der Waals surface area contributed by atoms with Crippen LogP contribution in [0.1, 0.15) is 408 Å². The highest BCUT2D eigenvalue weighted by Gasteiger charge is 2.30. The molecule has 0 fully saturated rings. The summed E-state index contributed by atoms with van der Waals surface area (Å²) >= 11 is 0. The maximum Gasteiger partial charge on any atom is 0.472 e. The van der Waals surface area contributed by atoms with E-state index in [2.05, 4.69) is 48.5 Å². The van der Waals surface area contributed by atoms with Crippen molar-refractivity contribution in [1.29, 1.82) is 0 Å². The van der Waals surface area contributed by atoms with Gasteiger partial charge in [-0.15, -0.1) is 0 Å². The minimum atomic E-state index is -4.96. The van der Waals surface area contributed by atoms with E-state index in [1.165, 1.54) is 212 Å². The molecule has 0 aliphatic rings. The first kappa shape index (κ1) is 96.1. The van der Waals surface area contributed by atoms with Gasteiger partial charge in [-0.3, -0.25) is 37.3 Å². The Balaban J connectivity index is 5.22. The number of aliphatic hydroxyl groups is 1. The molecule has 0 spiro atoms. The quantitative estimate of drug-likeness (QED) is 0.0222. The van der Waals surface area contributed by atoms with Crippen LogP contribution in [-0.4, -0.2) is 96.7 Å². The molecule has 0 saturated heterocycles. The van der Waals surface area contributed by atoms with Crippen LogP contribution >= 0.6 is 15.6 Å². The summed E-state index contributed by atoms with van der Waals surface area (Å²) in [5.74, 6) is 0.174. The molecule has 582 valence electrons. The molecule has 0 aromatic rings. The van der Waals surface area contributed by atoms with Crippen molar-refractivity contribution in [1.82, 2.24) is 0 Å². The molecule has 19 heteroatoms. The number of unbranched alkanes of at least 4 members (excludes halogenated alkanes) is 45.